The molecule has 0 saturated carbocycles. The lowest BCUT2D eigenvalue weighted by Crippen LogP contribution is -2.24. The van der Waals surface area contributed by atoms with E-state index in [1.54, 1.807) is 4.89 Å². The van der Waals surface area contributed by atoms with Crippen LogP contribution in [0.2, 0.25) is 0 Å². The summed E-state index contributed by atoms with van der Waals surface area (Å²) in [6.07, 6.45) is 0.895. The van der Waals surface area contributed by atoms with Gasteiger partial charge in [-0.3, -0.25) is 9.94 Å². The Morgan fingerprint density at radius 2 is 2.36 bits per heavy atom. The standard InChI is InChI=1S/C5H7N3O5S/c1-13-8-14(11,12)4-3(5(9)10)2-6-7-4/h2,8H,1H3,(H,6,7)(H,9,10). The van der Waals surface area contributed by atoms with Crippen molar-refractivity contribution in [3.8, 4) is 0 Å². The van der Waals surface area contributed by atoms with Crippen LogP contribution in [-0.2, 0) is 14.9 Å². The van der Waals surface area contributed by atoms with E-state index < -0.39 is 26.6 Å². The lowest BCUT2D eigenvalue weighted by Gasteiger charge is -2.01. The number of aromatic nitrogens is 2. The van der Waals surface area contributed by atoms with Gasteiger partial charge in [-0.1, -0.05) is 4.89 Å². The van der Waals surface area contributed by atoms with E-state index in [2.05, 4.69) is 15.0 Å². The highest BCUT2D eigenvalue weighted by Gasteiger charge is 2.24. The molecule has 8 nitrogen and oxygen atoms in total. The molecule has 78 valence electrons. The normalized spacial score (nSPS) is 11.5. The smallest absolute Gasteiger partial charge is 0.340 e. The van der Waals surface area contributed by atoms with E-state index >= 15 is 0 Å². The molecule has 0 atom stereocenters. The summed E-state index contributed by atoms with van der Waals surface area (Å²) in [6, 6.07) is 0. The second-order valence-corrected chi connectivity index (χ2v) is 3.79. The van der Waals surface area contributed by atoms with E-state index in [1.165, 1.54) is 0 Å². The average Bonchev–Trinajstić information content (AvgIpc) is 2.51. The molecule has 0 fully saturated rings. The minimum Gasteiger partial charge on any atom is -0.478 e. The molecular formula is C5H7N3O5S. The number of hydrogen-bond acceptors (Lipinski definition) is 5. The Morgan fingerprint density at radius 1 is 1.71 bits per heavy atom. The highest BCUT2D eigenvalue weighted by molar-refractivity contribution is 7.89. The fourth-order valence-corrected chi connectivity index (χ4v) is 1.69. The second kappa shape index (κ2) is 3.74. The van der Waals surface area contributed by atoms with Crippen LogP contribution in [0.25, 0.3) is 0 Å². The van der Waals surface area contributed by atoms with Gasteiger partial charge in [0.25, 0.3) is 10.0 Å². The van der Waals surface area contributed by atoms with Crippen molar-refractivity contribution in [1.82, 2.24) is 15.1 Å². The molecule has 1 aromatic rings. The van der Waals surface area contributed by atoms with E-state index in [0.717, 1.165) is 13.3 Å². The number of rotatable bonds is 4. The van der Waals surface area contributed by atoms with Gasteiger partial charge in [0.2, 0.25) is 0 Å². The SMILES string of the molecule is CONS(=O)(=O)c1[nH]ncc1C(=O)O. The van der Waals surface area contributed by atoms with Crippen molar-refractivity contribution in [2.75, 3.05) is 7.11 Å². The van der Waals surface area contributed by atoms with E-state index in [-0.39, 0.29) is 0 Å². The Morgan fingerprint density at radius 3 is 2.86 bits per heavy atom. The number of carboxylic acid groups (broad SMARTS) is 1. The van der Waals surface area contributed by atoms with Gasteiger partial charge in [0, 0.05) is 0 Å². The summed E-state index contributed by atoms with van der Waals surface area (Å²) in [5.74, 6) is -1.39. The van der Waals surface area contributed by atoms with E-state index in [9.17, 15) is 13.2 Å². The van der Waals surface area contributed by atoms with Gasteiger partial charge in [0.1, 0.15) is 5.56 Å². The first-order valence-electron chi connectivity index (χ1n) is 3.30. The van der Waals surface area contributed by atoms with Gasteiger partial charge in [-0.15, -0.1) is 0 Å². The van der Waals surface area contributed by atoms with E-state index in [1.807, 2.05) is 0 Å². The number of aromatic carboxylic acids is 1. The van der Waals surface area contributed by atoms with Crippen molar-refractivity contribution in [2.45, 2.75) is 5.03 Å². The Bertz CT molecular complexity index is 436. The number of nitrogens with zero attached hydrogens (tertiary/aromatic N) is 1. The molecule has 0 unspecified atom stereocenters. The average molecular weight is 221 g/mol. The minimum absolute atomic E-state index is 0.449. The number of nitrogens with one attached hydrogen (secondary N) is 2. The van der Waals surface area contributed by atoms with Gasteiger partial charge in [-0.2, -0.15) is 5.10 Å². The maximum absolute atomic E-state index is 11.2. The van der Waals surface area contributed by atoms with Gasteiger partial charge in [-0.25, -0.2) is 13.2 Å². The topological polar surface area (TPSA) is 121 Å². The molecule has 0 aliphatic carbocycles. The Kier molecular flexibility index (Phi) is 2.84. The molecule has 9 heteroatoms. The summed E-state index contributed by atoms with van der Waals surface area (Å²) in [5, 5.41) is 13.4. The maximum atomic E-state index is 11.2. The first-order valence-corrected chi connectivity index (χ1v) is 4.79. The highest BCUT2D eigenvalue weighted by atomic mass is 32.2. The zero-order valence-corrected chi connectivity index (χ0v) is 7.83. The Labute approximate surface area is 78.9 Å². The molecule has 0 aliphatic rings. The zero-order valence-electron chi connectivity index (χ0n) is 7.01. The molecule has 1 heterocycles. The number of H-pyrrole nitrogens is 1. The fourth-order valence-electron chi connectivity index (χ4n) is 0.783. The summed E-state index contributed by atoms with van der Waals surface area (Å²) in [4.78, 5) is 16.4. The summed E-state index contributed by atoms with van der Waals surface area (Å²) < 4.78 is 22.5. The number of aromatic amines is 1. The minimum atomic E-state index is -4.01. The van der Waals surface area contributed by atoms with Gasteiger partial charge in [0.15, 0.2) is 5.03 Å². The molecule has 0 aliphatic heterocycles. The molecular weight excluding hydrogens is 214 g/mol. The number of carbonyl (C=O) groups is 1. The van der Waals surface area contributed by atoms with Gasteiger partial charge < -0.3 is 5.11 Å². The third-order valence-corrected chi connectivity index (χ3v) is 2.53. The van der Waals surface area contributed by atoms with Crippen LogP contribution in [-0.4, -0.2) is 36.8 Å². The second-order valence-electron chi connectivity index (χ2n) is 2.21. The Hall–Kier alpha value is -1.45. The van der Waals surface area contributed by atoms with Crippen LogP contribution in [0, 0.1) is 0 Å². The summed E-state index contributed by atoms with van der Waals surface area (Å²) in [6.45, 7) is 0. The van der Waals surface area contributed by atoms with Crippen molar-refractivity contribution in [3.63, 3.8) is 0 Å². The highest BCUT2D eigenvalue weighted by Crippen LogP contribution is 2.10. The monoisotopic (exact) mass is 221 g/mol. The van der Waals surface area contributed by atoms with Crippen LogP contribution in [0.4, 0.5) is 0 Å². The van der Waals surface area contributed by atoms with Gasteiger partial charge in [0.05, 0.1) is 13.3 Å². The van der Waals surface area contributed by atoms with Crippen LogP contribution in [0.15, 0.2) is 11.2 Å². The van der Waals surface area contributed by atoms with E-state index in [4.69, 9.17) is 5.11 Å². The quantitative estimate of drug-likeness (QED) is 0.557. The molecule has 1 rings (SSSR count). The van der Waals surface area contributed by atoms with Gasteiger partial charge >= 0.3 is 5.97 Å². The molecule has 3 N–H and O–H groups in total. The van der Waals surface area contributed by atoms with Crippen molar-refractivity contribution in [2.24, 2.45) is 0 Å². The van der Waals surface area contributed by atoms with Gasteiger partial charge in [-0.05, 0) is 0 Å². The number of sulfonamides is 1. The van der Waals surface area contributed by atoms with Crippen LogP contribution >= 0.6 is 0 Å². The molecule has 14 heavy (non-hydrogen) atoms. The maximum Gasteiger partial charge on any atom is 0.340 e. The lowest BCUT2D eigenvalue weighted by molar-refractivity contribution is 0.0692. The largest absolute Gasteiger partial charge is 0.478 e. The molecule has 0 bridgehead atoms. The third kappa shape index (κ3) is 1.89. The molecule has 0 saturated heterocycles. The lowest BCUT2D eigenvalue weighted by atomic mass is 10.4. The van der Waals surface area contributed by atoms with Crippen molar-refractivity contribution >= 4 is 16.0 Å². The zero-order chi connectivity index (χ0) is 10.8. The molecule has 0 radical (unpaired) electrons. The molecule has 0 amide bonds. The van der Waals surface area contributed by atoms with Crippen LogP contribution < -0.4 is 4.89 Å². The first-order chi connectivity index (χ1) is 6.49. The molecule has 0 spiro atoms. The third-order valence-electron chi connectivity index (χ3n) is 1.30. The predicted molar refractivity (Wildman–Crippen MR) is 42.9 cm³/mol. The summed E-state index contributed by atoms with van der Waals surface area (Å²) in [5.41, 5.74) is -0.449. The van der Waals surface area contributed by atoms with Crippen molar-refractivity contribution < 1.29 is 23.2 Å². The van der Waals surface area contributed by atoms with E-state index in [0.29, 0.717) is 0 Å². The van der Waals surface area contributed by atoms with Crippen molar-refractivity contribution in [3.05, 3.63) is 11.8 Å². The number of hydrogen-bond donors (Lipinski definition) is 3. The summed E-state index contributed by atoms with van der Waals surface area (Å²) in [7, 11) is -2.92. The molecule has 1 aromatic heterocycles. The summed E-state index contributed by atoms with van der Waals surface area (Å²) >= 11 is 0. The first kappa shape index (κ1) is 10.6. The van der Waals surface area contributed by atoms with Crippen LogP contribution in [0.5, 0.6) is 0 Å². The molecule has 0 aromatic carbocycles. The number of carboxylic acids is 1. The fraction of sp³-hybridized carbons (Fsp3) is 0.200. The predicted octanol–water partition coefficient (Wildman–Crippen LogP) is -1.05. The van der Waals surface area contributed by atoms with Crippen LogP contribution in [0.3, 0.4) is 0 Å². The Balaban J connectivity index is 3.19. The van der Waals surface area contributed by atoms with Crippen LogP contribution in [0.1, 0.15) is 10.4 Å². The van der Waals surface area contributed by atoms with Crippen molar-refractivity contribution in [1.29, 1.82) is 0 Å².